The van der Waals surface area contributed by atoms with E-state index >= 15 is 0 Å². The second-order valence-corrected chi connectivity index (χ2v) is 45.1. The molecule has 0 saturated carbocycles. The molecule has 0 aliphatic carbocycles. The number of fused-ring (bicyclic) bond motifs is 2. The molecular weight excluding hydrogens is 1090 g/mol. The van der Waals surface area contributed by atoms with E-state index in [-0.39, 0.29) is 95.2 Å². The predicted octanol–water partition coefficient (Wildman–Crippen LogP) is 13.0. The monoisotopic (exact) mass is 1200 g/mol. The second-order valence-electron chi connectivity index (χ2n) is 30.9. The number of hydrogen-bond acceptors (Lipinski definition) is 14. The quantitative estimate of drug-likeness (QED) is 0.148. The lowest BCUT2D eigenvalue weighted by Gasteiger charge is -2.56. The number of ether oxygens (including phenoxy) is 7. The van der Waals surface area contributed by atoms with Gasteiger partial charge in [0.05, 0.1) is 67.1 Å². The zero-order valence-electron chi connectivity index (χ0n) is 54.5. The highest BCUT2D eigenvalue weighted by molar-refractivity contribution is 6.75. The highest BCUT2D eigenvalue weighted by Gasteiger charge is 2.58. The van der Waals surface area contributed by atoms with Crippen molar-refractivity contribution >= 4 is 42.6 Å². The third-order valence-electron chi connectivity index (χ3n) is 20.0. The van der Waals surface area contributed by atoms with E-state index in [1.165, 1.54) is 0 Å². The fourth-order valence-electron chi connectivity index (χ4n) is 12.0. The topological polar surface area (TPSA) is 176 Å². The Kier molecular flexibility index (Phi) is 23.0. The van der Waals surface area contributed by atoms with Crippen molar-refractivity contribution < 1.29 is 65.9 Å². The van der Waals surface area contributed by atoms with E-state index in [0.717, 1.165) is 30.4 Å². The highest BCUT2D eigenvalue weighted by Crippen LogP contribution is 2.48. The van der Waals surface area contributed by atoms with Crippen LogP contribution in [0.3, 0.4) is 0 Å². The maximum atomic E-state index is 15.0. The summed E-state index contributed by atoms with van der Waals surface area (Å²) in [7, 11) is -6.03. The minimum atomic E-state index is -2.59. The van der Waals surface area contributed by atoms with Crippen LogP contribution in [-0.2, 0) is 56.0 Å². The number of rotatable bonds is 11. The number of aliphatic hydroxyl groups is 1. The van der Waals surface area contributed by atoms with Gasteiger partial charge >= 0.3 is 6.09 Å². The normalized spacial score (nSPS) is 35.5. The first kappa shape index (κ1) is 69.2. The Balaban J connectivity index is 1.40. The number of alkyl carbamates (subject to hydrolysis) is 1. The Morgan fingerprint density at radius 3 is 1.84 bits per heavy atom. The minimum Gasteiger partial charge on any atom is -0.444 e. The summed E-state index contributed by atoms with van der Waals surface area (Å²) < 4.78 is 69.9. The molecule has 0 spiro atoms. The van der Waals surface area contributed by atoms with Crippen molar-refractivity contribution in [2.75, 3.05) is 13.7 Å². The number of hydrogen-bond donors (Lipinski definition) is 2. The lowest BCUT2D eigenvalue weighted by atomic mass is 9.81. The average Bonchev–Trinajstić information content (AvgIpc) is 3.34. The SMILES string of the molecule is C=C1C[C@@H]2CCC(=O)C/C=C/C(O[Si](C)(C)C(C)(C)C)[C@@H]3OC4CC[C@H](CC(=O)C[C@@H]5[C@@H](OC)[C@@H](C[C@H](O)CNC(=O)OC(C)(C)C)O[C@H]5CC5O[C@@H](CCC1O2)C[C@@H](C)C5=C)O[C@@H]4[C@H](O[Si](C)(C)C(C)(C)C)C3O[Si](C)(C)C(C)(C)C. The average molecular weight is 1200 g/mol. The van der Waals surface area contributed by atoms with E-state index < -0.39 is 104 Å². The van der Waals surface area contributed by atoms with E-state index in [1.54, 1.807) is 27.9 Å². The first-order chi connectivity index (χ1) is 37.7. The second kappa shape index (κ2) is 27.2. The van der Waals surface area contributed by atoms with Crippen molar-refractivity contribution in [1.82, 2.24) is 5.32 Å². The van der Waals surface area contributed by atoms with Crippen molar-refractivity contribution in [1.29, 1.82) is 0 Å². The number of methoxy groups -OCH3 is 1. The van der Waals surface area contributed by atoms with Gasteiger partial charge in [0.2, 0.25) is 0 Å². The van der Waals surface area contributed by atoms with Gasteiger partial charge in [0.15, 0.2) is 25.0 Å². The number of amides is 1. The first-order valence-corrected chi connectivity index (χ1v) is 40.0. The van der Waals surface area contributed by atoms with Gasteiger partial charge in [-0.25, -0.2) is 4.79 Å². The van der Waals surface area contributed by atoms with Gasteiger partial charge in [-0.05, 0) is 137 Å². The Labute approximate surface area is 498 Å². The van der Waals surface area contributed by atoms with E-state index in [4.69, 9.17) is 46.4 Å². The first-order valence-electron chi connectivity index (χ1n) is 31.2. The molecule has 18 heteroatoms. The Morgan fingerprint density at radius 2 is 1.24 bits per heavy atom. The number of carbonyl (C=O) groups is 3. The molecule has 8 aliphatic rings. The van der Waals surface area contributed by atoms with Crippen LogP contribution >= 0.6 is 0 Å². The predicted molar refractivity (Wildman–Crippen MR) is 331 cm³/mol. The molecule has 5 unspecified atom stereocenters. The Morgan fingerprint density at radius 1 is 0.671 bits per heavy atom. The van der Waals surface area contributed by atoms with E-state index in [9.17, 15) is 19.5 Å². The fraction of sp³-hybridized carbons (Fsp3) is 0.859. The van der Waals surface area contributed by atoms with E-state index in [2.05, 4.69) is 133 Å². The largest absolute Gasteiger partial charge is 0.444 e. The Bertz CT molecular complexity index is 2230. The van der Waals surface area contributed by atoms with E-state index in [1.807, 2.05) is 6.08 Å². The molecule has 8 bridgehead atoms. The summed E-state index contributed by atoms with van der Waals surface area (Å²) in [6.07, 6.45) is 2.87. The summed E-state index contributed by atoms with van der Waals surface area (Å²) in [6, 6.07) is 0. The number of carbonyl (C=O) groups excluding carboxylic acids is 3. The van der Waals surface area contributed by atoms with Crippen molar-refractivity contribution in [3.05, 3.63) is 36.5 Å². The summed E-state index contributed by atoms with van der Waals surface area (Å²) in [6.45, 7) is 50.3. The van der Waals surface area contributed by atoms with Gasteiger partial charge < -0.3 is 56.9 Å². The van der Waals surface area contributed by atoms with Crippen molar-refractivity contribution in [3.63, 3.8) is 0 Å². The highest BCUT2D eigenvalue weighted by atomic mass is 28.4. The van der Waals surface area contributed by atoms with Gasteiger partial charge in [0, 0.05) is 58.1 Å². The van der Waals surface area contributed by atoms with Gasteiger partial charge in [-0.2, -0.15) is 0 Å². The van der Waals surface area contributed by atoms with Crippen molar-refractivity contribution in [2.45, 2.75) is 325 Å². The summed E-state index contributed by atoms with van der Waals surface area (Å²) in [4.78, 5) is 41.6. The van der Waals surface area contributed by atoms with Crippen LogP contribution in [0.5, 0.6) is 0 Å². The molecule has 470 valence electrons. The van der Waals surface area contributed by atoms with Crippen LogP contribution in [0.2, 0.25) is 54.4 Å². The zero-order chi connectivity index (χ0) is 61.3. The molecule has 5 saturated heterocycles. The van der Waals surface area contributed by atoms with Crippen LogP contribution in [0.25, 0.3) is 0 Å². The number of aliphatic hydroxyl groups excluding tert-OH is 1. The standard InChI is InChI=1S/C64H113NO14Si3/c1-39-32-46-28-30-49-40(2)33-45(71-49)27-26-42(66)24-23-25-51(77-80(17,18)62(7,8)9)57-59(79-82(21,22)64(13,14)15)58(78-81(19,20)63(10,11)12)56-50(75-57)31-29-47(73-56)34-43(67)35-48-53(37-52(72-46)41(39)3)74-54(55(48)70-16)36-44(68)38-65-60(69)76-61(4,5)6/h23,25,39,44-59,68H,2-3,24,26-38H2,1,4-22H3,(H,65,69)/b25-23+/t39-,44+,45+,46+,47-,48+,49?,50?,51?,52?,53+,54-,55-,56+,57+,58+,59?/m1/s1. The summed E-state index contributed by atoms with van der Waals surface area (Å²) in [5.41, 5.74) is 1.33. The molecule has 0 aromatic heterocycles. The number of ketones is 2. The minimum absolute atomic E-state index is 0.0204. The van der Waals surface area contributed by atoms with Crippen molar-refractivity contribution in [2.24, 2.45) is 11.8 Å². The van der Waals surface area contributed by atoms with Crippen LogP contribution in [0.4, 0.5) is 4.79 Å². The van der Waals surface area contributed by atoms with Crippen LogP contribution < -0.4 is 5.32 Å². The van der Waals surface area contributed by atoms with Crippen LogP contribution in [0.15, 0.2) is 36.5 Å². The molecule has 0 aromatic carbocycles. The fourth-order valence-corrected chi connectivity index (χ4v) is 15.8. The number of nitrogens with one attached hydrogen (secondary N) is 1. The number of allylic oxidation sites excluding steroid dienone is 1. The summed E-state index contributed by atoms with van der Waals surface area (Å²) >= 11 is 0. The van der Waals surface area contributed by atoms with Gasteiger partial charge in [0.1, 0.15) is 41.6 Å². The maximum Gasteiger partial charge on any atom is 0.407 e. The molecule has 0 radical (unpaired) electrons. The molecule has 5 fully saturated rings. The molecule has 82 heavy (non-hydrogen) atoms. The van der Waals surface area contributed by atoms with Crippen molar-refractivity contribution in [3.8, 4) is 0 Å². The van der Waals surface area contributed by atoms with Gasteiger partial charge in [-0.15, -0.1) is 0 Å². The summed E-state index contributed by atoms with van der Waals surface area (Å²) in [5, 5.41) is 13.6. The smallest absolute Gasteiger partial charge is 0.407 e. The lowest BCUT2D eigenvalue weighted by Crippen LogP contribution is -2.69. The van der Waals surface area contributed by atoms with E-state index in [0.29, 0.717) is 38.5 Å². The molecule has 1 amide bonds. The molecule has 8 heterocycles. The molecule has 2 N–H and O–H groups in total. The number of Topliss-reactive ketones (excluding diaryl/α,β-unsaturated/α-hetero) is 2. The van der Waals surface area contributed by atoms with Crippen LogP contribution in [-0.4, -0.2) is 159 Å². The molecule has 17 atom stereocenters. The third-order valence-corrected chi connectivity index (χ3v) is 33.4. The summed E-state index contributed by atoms with van der Waals surface area (Å²) in [5.74, 6) is -0.0595. The molecule has 8 rings (SSSR count). The molecular formula is C64H113NO14Si3. The van der Waals surface area contributed by atoms with Gasteiger partial charge in [0.25, 0.3) is 0 Å². The third kappa shape index (κ3) is 17.9. The molecule has 15 nitrogen and oxygen atoms in total. The van der Waals surface area contributed by atoms with Gasteiger partial charge in [-0.1, -0.05) is 94.5 Å². The van der Waals surface area contributed by atoms with Crippen LogP contribution in [0.1, 0.15) is 173 Å². The molecule has 0 aromatic rings. The molecule has 8 aliphatic heterocycles. The Hall–Kier alpha value is -1.92. The van der Waals surface area contributed by atoms with Crippen LogP contribution in [0, 0.1) is 11.8 Å². The lowest BCUT2D eigenvalue weighted by molar-refractivity contribution is -0.266. The maximum absolute atomic E-state index is 15.0. The van der Waals surface area contributed by atoms with Gasteiger partial charge in [-0.3, -0.25) is 9.59 Å². The zero-order valence-corrected chi connectivity index (χ0v) is 57.5.